The Balaban J connectivity index is 2.34. The molecular weight excluding hydrogens is 304 g/mol. The number of carbonyl (C=O) groups excluding carboxylic acids is 1. The maximum absolute atomic E-state index is 13.0. The van der Waals surface area contributed by atoms with Gasteiger partial charge in [0.05, 0.1) is 16.7 Å². The highest BCUT2D eigenvalue weighted by atomic mass is 32.2. The maximum atomic E-state index is 13.0. The van der Waals surface area contributed by atoms with Crippen LogP contribution in [-0.4, -0.2) is 11.7 Å². The van der Waals surface area contributed by atoms with Crippen molar-refractivity contribution in [1.82, 2.24) is 5.32 Å². The van der Waals surface area contributed by atoms with E-state index in [0.29, 0.717) is 10.6 Å². The van der Waals surface area contributed by atoms with E-state index in [0.717, 1.165) is 16.9 Å². The molecule has 0 saturated heterocycles. The Morgan fingerprint density at radius 2 is 1.57 bits per heavy atom. The topological polar surface area (TPSA) is 52.9 Å². The first-order valence-corrected chi connectivity index (χ1v) is 8.43. The first kappa shape index (κ1) is 15.4. The van der Waals surface area contributed by atoms with Gasteiger partial charge >= 0.3 is 0 Å². The van der Waals surface area contributed by atoms with Gasteiger partial charge in [-0.25, -0.2) is 0 Å². The molecule has 1 heterocycles. The standard InChI is InChI=1S/C19H16N2OS/c1-2-23-17-16(13-20)19(18(22)21-17,14-9-5-3-6-10-14)15-11-7-4-8-12-15/h3-12H,2H2,1H3,(H,21,22). The first-order valence-electron chi connectivity index (χ1n) is 7.45. The fraction of sp³-hybridized carbons (Fsp3) is 0.158. The fourth-order valence-corrected chi connectivity index (χ4v) is 3.82. The van der Waals surface area contributed by atoms with Crippen molar-refractivity contribution in [2.24, 2.45) is 0 Å². The molecule has 0 fully saturated rings. The van der Waals surface area contributed by atoms with Gasteiger partial charge in [-0.2, -0.15) is 5.26 Å². The smallest absolute Gasteiger partial charge is 0.245 e. The number of thioether (sulfide) groups is 1. The van der Waals surface area contributed by atoms with Crippen LogP contribution in [0.3, 0.4) is 0 Å². The molecule has 4 heteroatoms. The van der Waals surface area contributed by atoms with Crippen LogP contribution in [0, 0.1) is 11.3 Å². The van der Waals surface area contributed by atoms with Gasteiger partial charge in [-0.15, -0.1) is 11.8 Å². The van der Waals surface area contributed by atoms with Crippen LogP contribution >= 0.6 is 11.8 Å². The van der Waals surface area contributed by atoms with Gasteiger partial charge in [0.1, 0.15) is 5.41 Å². The Hall–Kier alpha value is -2.51. The molecule has 0 aromatic heterocycles. The molecule has 114 valence electrons. The summed E-state index contributed by atoms with van der Waals surface area (Å²) in [6.07, 6.45) is 0. The molecule has 1 N–H and O–H groups in total. The number of nitriles is 1. The third kappa shape index (κ3) is 2.34. The van der Waals surface area contributed by atoms with Crippen molar-refractivity contribution in [2.75, 3.05) is 5.75 Å². The zero-order chi connectivity index (χ0) is 16.3. The fourth-order valence-electron chi connectivity index (χ4n) is 3.02. The van der Waals surface area contributed by atoms with Crippen molar-refractivity contribution >= 4 is 17.7 Å². The van der Waals surface area contributed by atoms with Crippen LogP contribution in [-0.2, 0) is 10.2 Å². The Bertz CT molecular complexity index is 752. The Morgan fingerprint density at radius 3 is 2.00 bits per heavy atom. The number of nitrogens with zero attached hydrogens (tertiary/aromatic N) is 1. The van der Waals surface area contributed by atoms with Crippen molar-refractivity contribution in [3.63, 3.8) is 0 Å². The number of hydrogen-bond donors (Lipinski definition) is 1. The number of benzene rings is 2. The van der Waals surface area contributed by atoms with Crippen LogP contribution in [0.4, 0.5) is 0 Å². The summed E-state index contributed by atoms with van der Waals surface area (Å²) >= 11 is 1.49. The molecule has 0 spiro atoms. The highest BCUT2D eigenvalue weighted by Gasteiger charge is 2.51. The quantitative estimate of drug-likeness (QED) is 0.936. The lowest BCUT2D eigenvalue weighted by molar-refractivity contribution is -0.122. The van der Waals surface area contributed by atoms with Crippen LogP contribution in [0.25, 0.3) is 0 Å². The van der Waals surface area contributed by atoms with Gasteiger partial charge in [0.15, 0.2) is 0 Å². The minimum absolute atomic E-state index is 0.164. The third-order valence-electron chi connectivity index (χ3n) is 3.98. The van der Waals surface area contributed by atoms with E-state index >= 15 is 0 Å². The second-order valence-electron chi connectivity index (χ2n) is 5.19. The lowest BCUT2D eigenvalue weighted by Gasteiger charge is -2.28. The second-order valence-corrected chi connectivity index (χ2v) is 6.46. The molecular formula is C19H16N2OS. The SMILES string of the molecule is CCSC1=C(C#N)C(c2ccccc2)(c2ccccc2)C(=O)N1. The number of hydrogen-bond acceptors (Lipinski definition) is 3. The Kier molecular flexibility index (Phi) is 4.22. The van der Waals surface area contributed by atoms with Crippen LogP contribution < -0.4 is 5.32 Å². The lowest BCUT2D eigenvalue weighted by Crippen LogP contribution is -2.39. The molecule has 23 heavy (non-hydrogen) atoms. The molecule has 0 bridgehead atoms. The minimum Gasteiger partial charge on any atom is -0.318 e. The highest BCUT2D eigenvalue weighted by molar-refractivity contribution is 8.03. The summed E-state index contributed by atoms with van der Waals surface area (Å²) in [5, 5.41) is 13.4. The molecule has 0 atom stereocenters. The zero-order valence-corrected chi connectivity index (χ0v) is 13.6. The van der Waals surface area contributed by atoms with Gasteiger partial charge in [0, 0.05) is 0 Å². The molecule has 3 rings (SSSR count). The van der Waals surface area contributed by atoms with Gasteiger partial charge in [-0.05, 0) is 16.9 Å². The van der Waals surface area contributed by atoms with Gasteiger partial charge in [0.25, 0.3) is 0 Å². The van der Waals surface area contributed by atoms with E-state index in [1.807, 2.05) is 67.6 Å². The average Bonchev–Trinajstić information content (AvgIpc) is 2.89. The predicted octanol–water partition coefficient (Wildman–Crippen LogP) is 3.59. The van der Waals surface area contributed by atoms with Gasteiger partial charge in [-0.1, -0.05) is 67.6 Å². The minimum atomic E-state index is -1.07. The van der Waals surface area contributed by atoms with Crippen molar-refractivity contribution in [3.05, 3.63) is 82.4 Å². The average molecular weight is 320 g/mol. The summed E-state index contributed by atoms with van der Waals surface area (Å²) in [4.78, 5) is 13.0. The third-order valence-corrected chi connectivity index (χ3v) is 4.87. The number of nitrogens with one attached hydrogen (secondary N) is 1. The summed E-state index contributed by atoms with van der Waals surface area (Å²) in [6.45, 7) is 2.00. The predicted molar refractivity (Wildman–Crippen MR) is 92.6 cm³/mol. The highest BCUT2D eigenvalue weighted by Crippen LogP contribution is 2.45. The molecule has 0 saturated carbocycles. The lowest BCUT2D eigenvalue weighted by atomic mass is 9.70. The molecule has 0 unspecified atom stereocenters. The summed E-state index contributed by atoms with van der Waals surface area (Å²) < 4.78 is 0. The van der Waals surface area contributed by atoms with Crippen molar-refractivity contribution in [1.29, 1.82) is 5.26 Å². The summed E-state index contributed by atoms with van der Waals surface area (Å²) in [7, 11) is 0. The Labute approximate surface area is 140 Å². The zero-order valence-electron chi connectivity index (χ0n) is 12.7. The molecule has 2 aromatic carbocycles. The summed E-state index contributed by atoms with van der Waals surface area (Å²) in [5.74, 6) is 0.628. The summed E-state index contributed by atoms with van der Waals surface area (Å²) in [6, 6.07) is 21.3. The van der Waals surface area contributed by atoms with Crippen molar-refractivity contribution in [3.8, 4) is 6.07 Å². The largest absolute Gasteiger partial charge is 0.318 e. The van der Waals surface area contributed by atoms with E-state index in [2.05, 4.69) is 11.4 Å². The van der Waals surface area contributed by atoms with Crippen LogP contribution in [0.1, 0.15) is 18.1 Å². The van der Waals surface area contributed by atoms with Crippen molar-refractivity contribution < 1.29 is 4.79 Å². The molecule has 1 amide bonds. The second kappa shape index (κ2) is 6.31. The molecule has 3 nitrogen and oxygen atoms in total. The van der Waals surface area contributed by atoms with E-state index in [9.17, 15) is 10.1 Å². The van der Waals surface area contributed by atoms with E-state index in [4.69, 9.17) is 0 Å². The van der Waals surface area contributed by atoms with Crippen LogP contribution in [0.5, 0.6) is 0 Å². The monoisotopic (exact) mass is 320 g/mol. The molecule has 0 aliphatic carbocycles. The van der Waals surface area contributed by atoms with Gasteiger partial charge in [0.2, 0.25) is 5.91 Å². The van der Waals surface area contributed by atoms with E-state index in [1.165, 1.54) is 11.8 Å². The molecule has 1 aliphatic rings. The molecule has 2 aromatic rings. The molecule has 0 radical (unpaired) electrons. The molecule has 1 aliphatic heterocycles. The normalized spacial score (nSPS) is 16.1. The van der Waals surface area contributed by atoms with E-state index < -0.39 is 5.41 Å². The number of rotatable bonds is 4. The Morgan fingerprint density at radius 1 is 1.04 bits per heavy atom. The van der Waals surface area contributed by atoms with Crippen LogP contribution in [0.2, 0.25) is 0 Å². The van der Waals surface area contributed by atoms with E-state index in [-0.39, 0.29) is 5.91 Å². The number of amides is 1. The van der Waals surface area contributed by atoms with Gasteiger partial charge in [-0.3, -0.25) is 4.79 Å². The maximum Gasteiger partial charge on any atom is 0.245 e. The van der Waals surface area contributed by atoms with Crippen LogP contribution in [0.15, 0.2) is 71.3 Å². The van der Waals surface area contributed by atoms with Crippen molar-refractivity contribution in [2.45, 2.75) is 12.3 Å². The number of carbonyl (C=O) groups is 1. The first-order chi connectivity index (χ1) is 11.2. The van der Waals surface area contributed by atoms with Gasteiger partial charge < -0.3 is 5.32 Å². The van der Waals surface area contributed by atoms with E-state index in [1.54, 1.807) is 0 Å². The summed E-state index contributed by atoms with van der Waals surface area (Å²) in [5.41, 5.74) is 1.03.